The van der Waals surface area contributed by atoms with E-state index in [2.05, 4.69) is 10.0 Å². The van der Waals surface area contributed by atoms with Gasteiger partial charge in [0.25, 0.3) is 10.0 Å². The first-order valence-corrected chi connectivity index (χ1v) is 8.00. The lowest BCUT2D eigenvalue weighted by atomic mass is 10.2. The molecule has 0 heterocycles. The highest BCUT2D eigenvalue weighted by atomic mass is 35.5. The zero-order valence-corrected chi connectivity index (χ0v) is 12.8. The second-order valence-electron chi connectivity index (χ2n) is 4.41. The fraction of sp³-hybridized carbons (Fsp3) is 0.143. The monoisotopic (exact) mass is 328 g/mol. The Morgan fingerprint density at radius 3 is 2.62 bits per heavy atom. The van der Waals surface area contributed by atoms with Crippen molar-refractivity contribution in [3.8, 4) is 0 Å². The Labute approximate surface area is 128 Å². The average molecular weight is 329 g/mol. The van der Waals surface area contributed by atoms with Crippen molar-refractivity contribution in [3.63, 3.8) is 0 Å². The molecule has 0 amide bonds. The predicted octanol–water partition coefficient (Wildman–Crippen LogP) is 3.00. The Morgan fingerprint density at radius 1 is 1.19 bits per heavy atom. The molecule has 2 aromatic carbocycles. The molecule has 0 atom stereocenters. The molecule has 21 heavy (non-hydrogen) atoms. The molecule has 2 rings (SSSR count). The van der Waals surface area contributed by atoms with Crippen molar-refractivity contribution in [2.24, 2.45) is 0 Å². The van der Waals surface area contributed by atoms with Crippen LogP contribution in [-0.2, 0) is 16.6 Å². The van der Waals surface area contributed by atoms with E-state index in [1.54, 1.807) is 25.2 Å². The van der Waals surface area contributed by atoms with Crippen LogP contribution in [0, 0.1) is 5.82 Å². The van der Waals surface area contributed by atoms with Crippen molar-refractivity contribution in [1.29, 1.82) is 0 Å². The molecule has 4 nitrogen and oxygen atoms in total. The van der Waals surface area contributed by atoms with Crippen LogP contribution >= 0.6 is 11.6 Å². The van der Waals surface area contributed by atoms with E-state index in [9.17, 15) is 12.8 Å². The highest BCUT2D eigenvalue weighted by Gasteiger charge is 2.18. The van der Waals surface area contributed by atoms with Crippen LogP contribution in [0.5, 0.6) is 0 Å². The molecule has 0 aromatic heterocycles. The SMILES string of the molecule is CNCc1cccc(NS(=O)(=O)c2ccc(F)cc2Cl)c1. The molecule has 7 heteroatoms. The summed E-state index contributed by atoms with van der Waals surface area (Å²) in [6.07, 6.45) is 0. The minimum atomic E-state index is -3.86. The maximum Gasteiger partial charge on any atom is 0.263 e. The van der Waals surface area contributed by atoms with E-state index in [1.165, 1.54) is 0 Å². The molecule has 2 N–H and O–H groups in total. The zero-order chi connectivity index (χ0) is 15.5. The second-order valence-corrected chi connectivity index (χ2v) is 6.47. The molecule has 0 saturated heterocycles. The fourth-order valence-corrected chi connectivity index (χ4v) is 3.43. The molecular formula is C14H14ClFN2O2S. The van der Waals surface area contributed by atoms with Crippen molar-refractivity contribution < 1.29 is 12.8 Å². The van der Waals surface area contributed by atoms with E-state index >= 15 is 0 Å². The third-order valence-corrected chi connectivity index (χ3v) is 4.61. The van der Waals surface area contributed by atoms with Crippen molar-refractivity contribution in [3.05, 3.63) is 58.9 Å². The Kier molecular flexibility index (Phi) is 4.82. The third kappa shape index (κ3) is 3.93. The number of hydrogen-bond donors (Lipinski definition) is 2. The molecule has 0 bridgehead atoms. The molecule has 2 aromatic rings. The average Bonchev–Trinajstić information content (AvgIpc) is 2.38. The Hall–Kier alpha value is -1.63. The number of benzene rings is 2. The summed E-state index contributed by atoms with van der Waals surface area (Å²) in [6, 6.07) is 10.1. The topological polar surface area (TPSA) is 58.2 Å². The molecule has 0 radical (unpaired) electrons. The highest BCUT2D eigenvalue weighted by Crippen LogP contribution is 2.24. The van der Waals surface area contributed by atoms with Gasteiger partial charge in [0.1, 0.15) is 10.7 Å². The molecule has 112 valence electrons. The zero-order valence-electron chi connectivity index (χ0n) is 11.2. The lowest BCUT2D eigenvalue weighted by Crippen LogP contribution is -2.14. The van der Waals surface area contributed by atoms with Gasteiger partial charge in [-0.3, -0.25) is 4.72 Å². The van der Waals surface area contributed by atoms with Gasteiger partial charge >= 0.3 is 0 Å². The molecule has 0 aliphatic rings. The molecule has 0 aliphatic heterocycles. The number of nitrogens with one attached hydrogen (secondary N) is 2. The molecule has 0 saturated carbocycles. The van der Waals surface area contributed by atoms with E-state index in [0.29, 0.717) is 12.2 Å². The second kappa shape index (κ2) is 6.43. The molecule has 0 unspecified atom stereocenters. The van der Waals surface area contributed by atoms with Crippen molar-refractivity contribution in [2.45, 2.75) is 11.4 Å². The summed E-state index contributed by atoms with van der Waals surface area (Å²) in [5.74, 6) is -0.588. The van der Waals surface area contributed by atoms with Crippen molar-refractivity contribution >= 4 is 27.3 Å². The van der Waals surface area contributed by atoms with Gasteiger partial charge in [0, 0.05) is 12.2 Å². The van der Waals surface area contributed by atoms with Crippen LogP contribution in [0.2, 0.25) is 5.02 Å². The summed E-state index contributed by atoms with van der Waals surface area (Å²) in [5.41, 5.74) is 1.35. The van der Waals surface area contributed by atoms with Gasteiger partial charge in [-0.2, -0.15) is 0 Å². The smallest absolute Gasteiger partial charge is 0.263 e. The minimum absolute atomic E-state index is 0.158. The fourth-order valence-electron chi connectivity index (χ4n) is 1.85. The van der Waals surface area contributed by atoms with Crippen LogP contribution < -0.4 is 10.0 Å². The van der Waals surface area contributed by atoms with Crippen LogP contribution in [-0.4, -0.2) is 15.5 Å². The first-order chi connectivity index (χ1) is 9.92. The van der Waals surface area contributed by atoms with Gasteiger partial charge in [-0.15, -0.1) is 0 Å². The first kappa shape index (κ1) is 15.8. The van der Waals surface area contributed by atoms with Crippen molar-refractivity contribution in [1.82, 2.24) is 5.32 Å². The first-order valence-electron chi connectivity index (χ1n) is 6.14. The van der Waals surface area contributed by atoms with Gasteiger partial charge in [0.2, 0.25) is 0 Å². The maximum atomic E-state index is 13.0. The summed E-state index contributed by atoms with van der Waals surface area (Å²) in [7, 11) is -2.06. The Morgan fingerprint density at radius 2 is 1.95 bits per heavy atom. The van der Waals surface area contributed by atoms with Gasteiger partial charge in [-0.1, -0.05) is 23.7 Å². The van der Waals surface area contributed by atoms with E-state index < -0.39 is 15.8 Å². The van der Waals surface area contributed by atoms with Crippen LogP contribution in [0.25, 0.3) is 0 Å². The number of hydrogen-bond acceptors (Lipinski definition) is 3. The van der Waals surface area contributed by atoms with Gasteiger partial charge in [-0.05, 0) is 42.9 Å². The van der Waals surface area contributed by atoms with E-state index in [-0.39, 0.29) is 9.92 Å². The van der Waals surface area contributed by atoms with E-state index in [4.69, 9.17) is 11.6 Å². The minimum Gasteiger partial charge on any atom is -0.316 e. The summed E-state index contributed by atoms with van der Waals surface area (Å²) in [4.78, 5) is -0.162. The Balaban J connectivity index is 2.31. The normalized spacial score (nSPS) is 11.4. The lowest BCUT2D eigenvalue weighted by Gasteiger charge is -2.10. The van der Waals surface area contributed by atoms with Crippen LogP contribution in [0.4, 0.5) is 10.1 Å². The maximum absolute atomic E-state index is 13.0. The van der Waals surface area contributed by atoms with Crippen LogP contribution in [0.15, 0.2) is 47.4 Å². The summed E-state index contributed by atoms with van der Waals surface area (Å²) < 4.78 is 40.0. The number of anilines is 1. The van der Waals surface area contributed by atoms with E-state index in [0.717, 1.165) is 23.8 Å². The largest absolute Gasteiger partial charge is 0.316 e. The standard InChI is InChI=1S/C14H14ClFN2O2S/c1-17-9-10-3-2-4-12(7-10)18-21(19,20)14-6-5-11(16)8-13(14)15/h2-8,17-18H,9H2,1H3. The van der Waals surface area contributed by atoms with Gasteiger partial charge < -0.3 is 5.32 Å². The molecule has 0 spiro atoms. The molecule has 0 fully saturated rings. The summed E-state index contributed by atoms with van der Waals surface area (Å²) >= 11 is 5.79. The quantitative estimate of drug-likeness (QED) is 0.887. The number of halogens is 2. The van der Waals surface area contributed by atoms with Crippen molar-refractivity contribution in [2.75, 3.05) is 11.8 Å². The van der Waals surface area contributed by atoms with Crippen LogP contribution in [0.3, 0.4) is 0 Å². The van der Waals surface area contributed by atoms with Crippen LogP contribution in [0.1, 0.15) is 5.56 Å². The third-order valence-electron chi connectivity index (χ3n) is 2.74. The highest BCUT2D eigenvalue weighted by molar-refractivity contribution is 7.92. The van der Waals surface area contributed by atoms with Gasteiger partial charge in [0.05, 0.1) is 5.02 Å². The Bertz CT molecular complexity index is 750. The van der Waals surface area contributed by atoms with Gasteiger partial charge in [-0.25, -0.2) is 12.8 Å². The summed E-state index contributed by atoms with van der Waals surface area (Å²) in [6.45, 7) is 0.618. The summed E-state index contributed by atoms with van der Waals surface area (Å²) in [5, 5.41) is 2.82. The lowest BCUT2D eigenvalue weighted by molar-refractivity contribution is 0.600. The van der Waals surface area contributed by atoms with E-state index in [1.807, 2.05) is 6.07 Å². The predicted molar refractivity (Wildman–Crippen MR) is 81.4 cm³/mol. The van der Waals surface area contributed by atoms with Gasteiger partial charge in [0.15, 0.2) is 0 Å². The molecular weight excluding hydrogens is 315 g/mol. The number of rotatable bonds is 5. The number of sulfonamides is 1. The molecule has 0 aliphatic carbocycles.